The van der Waals surface area contributed by atoms with Gasteiger partial charge >= 0.3 is 0 Å². The third-order valence-corrected chi connectivity index (χ3v) is 2.07. The van der Waals surface area contributed by atoms with E-state index in [1.54, 1.807) is 7.11 Å². The number of hydrogen-bond donors (Lipinski definition) is 0. The standard InChI is InChI=1S/C10H18N2O/c1-9-8-10(2)12(11-9)6-4-5-7-13-3/h8H,4-7H2,1-3H3. The van der Waals surface area contributed by atoms with Gasteiger partial charge in [0.15, 0.2) is 0 Å². The van der Waals surface area contributed by atoms with Crippen molar-refractivity contribution in [2.75, 3.05) is 13.7 Å². The van der Waals surface area contributed by atoms with Crippen molar-refractivity contribution in [2.45, 2.75) is 33.2 Å². The van der Waals surface area contributed by atoms with Crippen molar-refractivity contribution in [3.63, 3.8) is 0 Å². The van der Waals surface area contributed by atoms with Crippen molar-refractivity contribution in [3.8, 4) is 0 Å². The average molecular weight is 182 g/mol. The van der Waals surface area contributed by atoms with Crippen LogP contribution in [0.4, 0.5) is 0 Å². The molecule has 0 aliphatic heterocycles. The second-order valence-corrected chi connectivity index (χ2v) is 3.35. The molecular formula is C10H18N2O. The molecule has 1 heterocycles. The molecule has 13 heavy (non-hydrogen) atoms. The second kappa shape index (κ2) is 5.02. The normalized spacial score (nSPS) is 10.7. The van der Waals surface area contributed by atoms with Crippen molar-refractivity contribution in [3.05, 3.63) is 17.5 Å². The van der Waals surface area contributed by atoms with Gasteiger partial charge in [0.2, 0.25) is 0 Å². The van der Waals surface area contributed by atoms with Gasteiger partial charge in [-0.25, -0.2) is 0 Å². The maximum Gasteiger partial charge on any atom is 0.0596 e. The lowest BCUT2D eigenvalue weighted by Gasteiger charge is -2.03. The van der Waals surface area contributed by atoms with E-state index in [-0.39, 0.29) is 0 Å². The molecule has 0 aliphatic carbocycles. The fourth-order valence-corrected chi connectivity index (χ4v) is 1.41. The molecule has 1 rings (SSSR count). The van der Waals surface area contributed by atoms with Crippen LogP contribution >= 0.6 is 0 Å². The summed E-state index contributed by atoms with van der Waals surface area (Å²) in [5.41, 5.74) is 2.35. The Hall–Kier alpha value is -0.830. The minimum absolute atomic E-state index is 0.847. The highest BCUT2D eigenvalue weighted by Crippen LogP contribution is 2.03. The number of methoxy groups -OCH3 is 1. The molecule has 0 aromatic carbocycles. The molecule has 1 aromatic heterocycles. The number of rotatable bonds is 5. The lowest BCUT2D eigenvalue weighted by molar-refractivity contribution is 0.191. The van der Waals surface area contributed by atoms with Gasteiger partial charge in [0.05, 0.1) is 5.69 Å². The molecule has 0 amide bonds. The van der Waals surface area contributed by atoms with E-state index in [1.807, 2.05) is 6.92 Å². The Morgan fingerprint density at radius 1 is 1.38 bits per heavy atom. The molecule has 3 nitrogen and oxygen atoms in total. The van der Waals surface area contributed by atoms with Crippen LogP contribution in [0.3, 0.4) is 0 Å². The van der Waals surface area contributed by atoms with E-state index in [4.69, 9.17) is 4.74 Å². The van der Waals surface area contributed by atoms with Crippen LogP contribution in [0.1, 0.15) is 24.2 Å². The van der Waals surface area contributed by atoms with E-state index < -0.39 is 0 Å². The highest BCUT2D eigenvalue weighted by molar-refractivity contribution is 5.06. The topological polar surface area (TPSA) is 27.1 Å². The number of ether oxygens (including phenoxy) is 1. The maximum absolute atomic E-state index is 4.99. The number of aromatic nitrogens is 2. The lowest BCUT2D eigenvalue weighted by atomic mass is 10.3. The molecule has 1 aromatic rings. The van der Waals surface area contributed by atoms with E-state index in [0.29, 0.717) is 0 Å². The van der Waals surface area contributed by atoms with Crippen LogP contribution < -0.4 is 0 Å². The summed E-state index contributed by atoms with van der Waals surface area (Å²) >= 11 is 0. The molecule has 0 aliphatic rings. The van der Waals surface area contributed by atoms with Gasteiger partial charge < -0.3 is 4.74 Å². The zero-order valence-corrected chi connectivity index (χ0v) is 8.71. The predicted octanol–water partition coefficient (Wildman–Crippen LogP) is 1.93. The molecule has 0 atom stereocenters. The van der Waals surface area contributed by atoms with Crippen molar-refractivity contribution in [1.29, 1.82) is 0 Å². The molecule has 74 valence electrons. The van der Waals surface area contributed by atoms with E-state index in [1.165, 1.54) is 5.69 Å². The van der Waals surface area contributed by atoms with Crippen LogP contribution in [0.15, 0.2) is 6.07 Å². The van der Waals surface area contributed by atoms with Crippen LogP contribution in [0.2, 0.25) is 0 Å². The number of unbranched alkanes of at least 4 members (excludes halogenated alkanes) is 1. The van der Waals surface area contributed by atoms with E-state index >= 15 is 0 Å². The fourth-order valence-electron chi connectivity index (χ4n) is 1.41. The molecule has 0 N–H and O–H groups in total. The molecule has 0 unspecified atom stereocenters. The van der Waals surface area contributed by atoms with Crippen LogP contribution in [-0.4, -0.2) is 23.5 Å². The highest BCUT2D eigenvalue weighted by atomic mass is 16.5. The smallest absolute Gasteiger partial charge is 0.0596 e. The Labute approximate surface area is 79.7 Å². The molecule has 0 saturated heterocycles. The zero-order valence-electron chi connectivity index (χ0n) is 8.71. The summed E-state index contributed by atoms with van der Waals surface area (Å²) in [5.74, 6) is 0. The highest BCUT2D eigenvalue weighted by Gasteiger charge is 1.99. The van der Waals surface area contributed by atoms with E-state index in [0.717, 1.165) is 31.7 Å². The third kappa shape index (κ3) is 3.19. The first kappa shape index (κ1) is 10.3. The molecule has 3 heteroatoms. The largest absolute Gasteiger partial charge is 0.385 e. The Morgan fingerprint density at radius 2 is 2.15 bits per heavy atom. The number of nitrogens with zero attached hydrogens (tertiary/aromatic N) is 2. The molecule has 0 radical (unpaired) electrons. The minimum atomic E-state index is 0.847. The summed E-state index contributed by atoms with van der Waals surface area (Å²) in [7, 11) is 1.74. The van der Waals surface area contributed by atoms with Crippen molar-refractivity contribution < 1.29 is 4.74 Å². The molecular weight excluding hydrogens is 164 g/mol. The van der Waals surface area contributed by atoms with Gasteiger partial charge in [-0.15, -0.1) is 0 Å². The summed E-state index contributed by atoms with van der Waals surface area (Å²) in [4.78, 5) is 0. The van der Waals surface area contributed by atoms with Crippen LogP contribution in [0.5, 0.6) is 0 Å². The van der Waals surface area contributed by atoms with Crippen molar-refractivity contribution in [2.24, 2.45) is 0 Å². The maximum atomic E-state index is 4.99. The summed E-state index contributed by atoms with van der Waals surface area (Å²) < 4.78 is 7.05. The first-order valence-electron chi connectivity index (χ1n) is 4.74. The number of hydrogen-bond acceptors (Lipinski definition) is 2. The van der Waals surface area contributed by atoms with Gasteiger partial charge in [-0.05, 0) is 32.8 Å². The van der Waals surface area contributed by atoms with Crippen LogP contribution in [0, 0.1) is 13.8 Å². The minimum Gasteiger partial charge on any atom is -0.385 e. The number of aryl methyl sites for hydroxylation is 3. The first-order valence-corrected chi connectivity index (χ1v) is 4.74. The molecule has 0 bridgehead atoms. The zero-order chi connectivity index (χ0) is 9.68. The molecule has 0 spiro atoms. The summed E-state index contributed by atoms with van der Waals surface area (Å²) in [6.45, 7) is 5.97. The Balaban J connectivity index is 2.32. The SMILES string of the molecule is COCCCCn1nc(C)cc1C. The fraction of sp³-hybridized carbons (Fsp3) is 0.700. The summed E-state index contributed by atoms with van der Waals surface area (Å²) in [5, 5.41) is 4.38. The Kier molecular flexibility index (Phi) is 3.96. The summed E-state index contributed by atoms with van der Waals surface area (Å²) in [6, 6.07) is 2.11. The van der Waals surface area contributed by atoms with Crippen molar-refractivity contribution >= 4 is 0 Å². The summed E-state index contributed by atoms with van der Waals surface area (Å²) in [6.07, 6.45) is 2.24. The van der Waals surface area contributed by atoms with Crippen molar-refractivity contribution in [1.82, 2.24) is 9.78 Å². The van der Waals surface area contributed by atoms with Gasteiger partial charge in [0.25, 0.3) is 0 Å². The van der Waals surface area contributed by atoms with Crippen LogP contribution in [-0.2, 0) is 11.3 Å². The second-order valence-electron chi connectivity index (χ2n) is 3.35. The van der Waals surface area contributed by atoms with Gasteiger partial charge in [-0.1, -0.05) is 0 Å². The Bertz CT molecular complexity index is 255. The van der Waals surface area contributed by atoms with E-state index in [9.17, 15) is 0 Å². The lowest BCUT2D eigenvalue weighted by Crippen LogP contribution is -2.03. The quantitative estimate of drug-likeness (QED) is 0.650. The molecule has 0 saturated carbocycles. The van der Waals surface area contributed by atoms with Gasteiger partial charge in [0, 0.05) is 26.0 Å². The van der Waals surface area contributed by atoms with Crippen LogP contribution in [0.25, 0.3) is 0 Å². The third-order valence-electron chi connectivity index (χ3n) is 2.07. The van der Waals surface area contributed by atoms with Gasteiger partial charge in [-0.2, -0.15) is 5.10 Å². The van der Waals surface area contributed by atoms with Gasteiger partial charge in [0.1, 0.15) is 0 Å². The molecule has 0 fully saturated rings. The van der Waals surface area contributed by atoms with Gasteiger partial charge in [-0.3, -0.25) is 4.68 Å². The monoisotopic (exact) mass is 182 g/mol. The predicted molar refractivity (Wildman–Crippen MR) is 52.8 cm³/mol. The average Bonchev–Trinajstić information content (AvgIpc) is 2.39. The Morgan fingerprint density at radius 3 is 2.69 bits per heavy atom. The first-order chi connectivity index (χ1) is 6.24. The van der Waals surface area contributed by atoms with E-state index in [2.05, 4.69) is 22.8 Å².